The van der Waals surface area contributed by atoms with E-state index in [0.29, 0.717) is 18.8 Å². The number of hydrogen-bond donors (Lipinski definition) is 2. The quantitative estimate of drug-likeness (QED) is 0.792. The molecule has 0 radical (unpaired) electrons. The van der Waals surface area contributed by atoms with E-state index in [4.69, 9.17) is 5.73 Å². The maximum atomic E-state index is 12.9. The van der Waals surface area contributed by atoms with Crippen molar-refractivity contribution in [2.75, 3.05) is 24.2 Å². The molecule has 1 aromatic rings. The van der Waals surface area contributed by atoms with Gasteiger partial charge in [0.25, 0.3) is 0 Å². The average Bonchev–Trinajstić information content (AvgIpc) is 2.56. The third kappa shape index (κ3) is 6.14. The van der Waals surface area contributed by atoms with Gasteiger partial charge in [-0.05, 0) is 43.0 Å². The lowest BCUT2D eigenvalue weighted by Gasteiger charge is -2.43. The van der Waals surface area contributed by atoms with Crippen LogP contribution < -0.4 is 11.1 Å². The zero-order valence-corrected chi connectivity index (χ0v) is 17.0. The van der Waals surface area contributed by atoms with E-state index in [0.717, 1.165) is 6.42 Å². The summed E-state index contributed by atoms with van der Waals surface area (Å²) in [5, 5.41) is 2.39. The number of thioether (sulfide) groups is 1. The Morgan fingerprint density at radius 1 is 1.38 bits per heavy atom. The highest BCUT2D eigenvalue weighted by atomic mass is 35.5. The van der Waals surface area contributed by atoms with Crippen molar-refractivity contribution in [3.05, 3.63) is 30.1 Å². The van der Waals surface area contributed by atoms with Gasteiger partial charge in [-0.1, -0.05) is 13.8 Å². The molecule has 146 valence electrons. The van der Waals surface area contributed by atoms with Gasteiger partial charge in [0.1, 0.15) is 5.82 Å². The van der Waals surface area contributed by atoms with Gasteiger partial charge in [-0.25, -0.2) is 4.39 Å². The Morgan fingerprint density at radius 2 is 2.00 bits per heavy atom. The summed E-state index contributed by atoms with van der Waals surface area (Å²) in [7, 11) is 0. The van der Waals surface area contributed by atoms with Crippen molar-refractivity contribution >= 4 is 41.7 Å². The van der Waals surface area contributed by atoms with Crippen LogP contribution in [0.2, 0.25) is 0 Å². The molecule has 0 aromatic heterocycles. The molecule has 1 aliphatic heterocycles. The molecule has 2 unspecified atom stereocenters. The first-order valence-corrected chi connectivity index (χ1v) is 9.45. The molecule has 8 heteroatoms. The first kappa shape index (κ1) is 22.7. The van der Waals surface area contributed by atoms with Crippen molar-refractivity contribution in [3.63, 3.8) is 0 Å². The molecule has 0 spiro atoms. The Hall–Kier alpha value is -1.31. The number of likely N-dealkylation sites (tertiary alicyclic amines) is 1. The number of nitrogens with zero attached hydrogens (tertiary/aromatic N) is 1. The topological polar surface area (TPSA) is 75.4 Å². The minimum atomic E-state index is -0.351. The Morgan fingerprint density at radius 3 is 2.58 bits per heavy atom. The van der Waals surface area contributed by atoms with Crippen LogP contribution in [0.4, 0.5) is 10.1 Å². The minimum Gasteiger partial charge on any atom is -0.341 e. The summed E-state index contributed by atoms with van der Waals surface area (Å²) in [6.45, 7) is 7.27. The van der Waals surface area contributed by atoms with E-state index >= 15 is 0 Å². The number of rotatable bonds is 5. The predicted molar refractivity (Wildman–Crippen MR) is 107 cm³/mol. The summed E-state index contributed by atoms with van der Waals surface area (Å²) in [6, 6.07) is 5.69. The Balaban J connectivity index is 0.00000338. The highest BCUT2D eigenvalue weighted by molar-refractivity contribution is 8.01. The maximum absolute atomic E-state index is 12.9. The van der Waals surface area contributed by atoms with Gasteiger partial charge in [0, 0.05) is 24.8 Å². The molecule has 1 heterocycles. The molecule has 2 atom stereocenters. The number of halogens is 2. The van der Waals surface area contributed by atoms with E-state index in [1.807, 2.05) is 11.8 Å². The van der Waals surface area contributed by atoms with Crippen molar-refractivity contribution < 1.29 is 14.0 Å². The molecule has 0 saturated carbocycles. The zero-order valence-electron chi connectivity index (χ0n) is 15.3. The maximum Gasteiger partial charge on any atom is 0.235 e. The van der Waals surface area contributed by atoms with Crippen molar-refractivity contribution in [1.29, 1.82) is 0 Å². The van der Waals surface area contributed by atoms with Crippen LogP contribution in [0.1, 0.15) is 27.2 Å². The number of amides is 2. The van der Waals surface area contributed by atoms with E-state index < -0.39 is 0 Å². The first-order chi connectivity index (χ1) is 11.7. The number of carbonyl (C=O) groups is 2. The molecular weight excluding hydrogens is 377 g/mol. The molecule has 5 nitrogen and oxygen atoms in total. The lowest BCUT2D eigenvalue weighted by atomic mass is 9.79. The minimum absolute atomic E-state index is 0. The van der Waals surface area contributed by atoms with Crippen LogP contribution in [-0.2, 0) is 9.59 Å². The summed E-state index contributed by atoms with van der Waals surface area (Å²) < 4.78 is 12.9. The Labute approximate surface area is 164 Å². The molecular formula is C18H27ClFN3O2S. The van der Waals surface area contributed by atoms with Crippen LogP contribution in [0.15, 0.2) is 24.3 Å². The van der Waals surface area contributed by atoms with Crippen molar-refractivity contribution in [2.24, 2.45) is 11.1 Å². The van der Waals surface area contributed by atoms with Crippen molar-refractivity contribution in [1.82, 2.24) is 4.90 Å². The second-order valence-electron chi connectivity index (χ2n) is 7.15. The van der Waals surface area contributed by atoms with Gasteiger partial charge in [0.15, 0.2) is 0 Å². The van der Waals surface area contributed by atoms with Gasteiger partial charge >= 0.3 is 0 Å². The SMILES string of the molecule is CC(SCC(=O)Nc1ccc(F)cc1)C(=O)N1CCC(N)C(C)(C)C1.Cl. The summed E-state index contributed by atoms with van der Waals surface area (Å²) in [6.07, 6.45) is 0.793. The fourth-order valence-corrected chi connectivity index (χ4v) is 3.59. The summed E-state index contributed by atoms with van der Waals surface area (Å²) in [5.74, 6) is -0.353. The van der Waals surface area contributed by atoms with E-state index in [1.165, 1.54) is 36.0 Å². The van der Waals surface area contributed by atoms with Gasteiger partial charge < -0.3 is 16.0 Å². The van der Waals surface area contributed by atoms with Gasteiger partial charge in [-0.3, -0.25) is 9.59 Å². The number of benzene rings is 1. The first-order valence-electron chi connectivity index (χ1n) is 8.40. The molecule has 1 fully saturated rings. The molecule has 3 N–H and O–H groups in total. The number of nitrogens with one attached hydrogen (secondary N) is 1. The molecule has 2 amide bonds. The van der Waals surface area contributed by atoms with E-state index in [-0.39, 0.29) is 52.5 Å². The monoisotopic (exact) mass is 403 g/mol. The van der Waals surface area contributed by atoms with Crippen LogP contribution in [0.3, 0.4) is 0 Å². The molecule has 0 bridgehead atoms. The zero-order chi connectivity index (χ0) is 18.6. The van der Waals surface area contributed by atoms with Crippen LogP contribution in [0.5, 0.6) is 0 Å². The van der Waals surface area contributed by atoms with Crippen molar-refractivity contribution in [2.45, 2.75) is 38.5 Å². The number of anilines is 1. The van der Waals surface area contributed by atoms with Gasteiger partial charge in [-0.2, -0.15) is 0 Å². The predicted octanol–water partition coefficient (Wildman–Crippen LogP) is 2.89. The number of piperidine rings is 1. The van der Waals surface area contributed by atoms with Crippen LogP contribution in [-0.4, -0.2) is 46.8 Å². The second kappa shape index (κ2) is 9.58. The smallest absolute Gasteiger partial charge is 0.235 e. The van der Waals surface area contributed by atoms with Gasteiger partial charge in [0.05, 0.1) is 11.0 Å². The molecule has 1 saturated heterocycles. The largest absolute Gasteiger partial charge is 0.341 e. The lowest BCUT2D eigenvalue weighted by molar-refractivity contribution is -0.133. The van der Waals surface area contributed by atoms with Crippen LogP contribution in [0, 0.1) is 11.2 Å². The van der Waals surface area contributed by atoms with E-state index in [1.54, 1.807) is 0 Å². The highest BCUT2D eigenvalue weighted by Gasteiger charge is 2.36. The number of hydrogen-bond acceptors (Lipinski definition) is 4. The summed E-state index contributed by atoms with van der Waals surface area (Å²) >= 11 is 1.30. The van der Waals surface area contributed by atoms with Crippen LogP contribution in [0.25, 0.3) is 0 Å². The summed E-state index contributed by atoms with van der Waals surface area (Å²) in [4.78, 5) is 26.4. The molecule has 26 heavy (non-hydrogen) atoms. The number of nitrogens with two attached hydrogens (primary N) is 1. The van der Waals surface area contributed by atoms with E-state index in [9.17, 15) is 14.0 Å². The summed E-state index contributed by atoms with van der Waals surface area (Å²) in [5.41, 5.74) is 6.55. The molecule has 0 aliphatic carbocycles. The normalized spacial score (nSPS) is 20.0. The standard InChI is InChI=1S/C18H26FN3O2S.ClH/c1-12(17(24)22-9-8-15(20)18(2,3)11-22)25-10-16(23)21-14-6-4-13(19)5-7-14;/h4-7,12,15H,8-11,20H2,1-3H3,(H,21,23);1H. The highest BCUT2D eigenvalue weighted by Crippen LogP contribution is 2.29. The lowest BCUT2D eigenvalue weighted by Crippen LogP contribution is -2.55. The second-order valence-corrected chi connectivity index (χ2v) is 8.48. The molecule has 1 aliphatic rings. The molecule has 2 rings (SSSR count). The van der Waals surface area contributed by atoms with E-state index in [2.05, 4.69) is 19.2 Å². The van der Waals surface area contributed by atoms with Crippen LogP contribution >= 0.6 is 24.2 Å². The Bertz CT molecular complexity index is 627. The van der Waals surface area contributed by atoms with Gasteiger partial charge in [-0.15, -0.1) is 24.2 Å². The molecule has 1 aromatic carbocycles. The average molecular weight is 404 g/mol. The Kier molecular flexibility index (Phi) is 8.37. The third-order valence-corrected chi connectivity index (χ3v) is 5.69. The fraction of sp³-hybridized carbons (Fsp3) is 0.556. The van der Waals surface area contributed by atoms with Gasteiger partial charge in [0.2, 0.25) is 11.8 Å². The third-order valence-electron chi connectivity index (χ3n) is 4.56. The number of carbonyl (C=O) groups excluding carboxylic acids is 2. The van der Waals surface area contributed by atoms with Crippen molar-refractivity contribution in [3.8, 4) is 0 Å². The fourth-order valence-electron chi connectivity index (χ4n) is 2.82.